The molecule has 2 fully saturated rings. The Morgan fingerprint density at radius 2 is 1.83 bits per heavy atom. The van der Waals surface area contributed by atoms with Gasteiger partial charge in [0.15, 0.2) is 0 Å². The number of hydrogen-bond acceptors (Lipinski definition) is 4. The van der Waals surface area contributed by atoms with Crippen LogP contribution in [0.15, 0.2) is 0 Å². The topological polar surface area (TPSA) is 27.7 Å². The zero-order chi connectivity index (χ0) is 12.8. The molecule has 106 valence electrons. The maximum atomic E-state index is 5.38. The van der Waals surface area contributed by atoms with E-state index in [2.05, 4.69) is 29.2 Å². The normalized spacial score (nSPS) is 30.8. The van der Waals surface area contributed by atoms with Crippen LogP contribution in [0, 0.1) is 0 Å². The van der Waals surface area contributed by atoms with Crippen LogP contribution in [-0.4, -0.2) is 75.4 Å². The fourth-order valence-electron chi connectivity index (χ4n) is 3.11. The first kappa shape index (κ1) is 14.3. The Bertz CT molecular complexity index is 223. The van der Waals surface area contributed by atoms with Gasteiger partial charge in [-0.3, -0.25) is 4.90 Å². The van der Waals surface area contributed by atoms with Crippen LogP contribution in [-0.2, 0) is 4.74 Å². The van der Waals surface area contributed by atoms with E-state index in [1.54, 1.807) is 0 Å². The van der Waals surface area contributed by atoms with Gasteiger partial charge in [0.25, 0.3) is 0 Å². The Balaban J connectivity index is 1.63. The molecule has 2 rings (SSSR count). The standard InChI is InChI=1S/C14H29N3O/c1-15-13-3-5-14(6-4-13)16(2)7-8-17-9-11-18-12-10-17/h13-15H,3-12H2,1-2H3. The quantitative estimate of drug-likeness (QED) is 0.786. The average Bonchev–Trinajstić information content (AvgIpc) is 2.46. The van der Waals surface area contributed by atoms with Crippen molar-refractivity contribution in [3.8, 4) is 0 Å². The number of hydrogen-bond donors (Lipinski definition) is 1. The highest BCUT2D eigenvalue weighted by Gasteiger charge is 2.23. The summed E-state index contributed by atoms with van der Waals surface area (Å²) in [6.07, 6.45) is 5.38. The Labute approximate surface area is 112 Å². The molecule has 0 aromatic rings. The van der Waals surface area contributed by atoms with Gasteiger partial charge in [0, 0.05) is 38.3 Å². The largest absolute Gasteiger partial charge is 0.379 e. The van der Waals surface area contributed by atoms with Gasteiger partial charge in [-0.25, -0.2) is 0 Å². The van der Waals surface area contributed by atoms with Gasteiger partial charge >= 0.3 is 0 Å². The lowest BCUT2D eigenvalue weighted by Gasteiger charge is -2.36. The van der Waals surface area contributed by atoms with Crippen LogP contribution in [0.4, 0.5) is 0 Å². The van der Waals surface area contributed by atoms with Crippen LogP contribution in [0.2, 0.25) is 0 Å². The van der Waals surface area contributed by atoms with Crippen LogP contribution in [0.5, 0.6) is 0 Å². The van der Waals surface area contributed by atoms with Gasteiger partial charge in [0.2, 0.25) is 0 Å². The van der Waals surface area contributed by atoms with E-state index >= 15 is 0 Å². The van der Waals surface area contributed by atoms with Crippen LogP contribution >= 0.6 is 0 Å². The molecule has 0 amide bonds. The third kappa shape index (κ3) is 4.19. The molecule has 1 saturated carbocycles. The third-order valence-corrected chi connectivity index (χ3v) is 4.60. The van der Waals surface area contributed by atoms with E-state index in [0.29, 0.717) is 0 Å². The van der Waals surface area contributed by atoms with E-state index in [-0.39, 0.29) is 0 Å². The summed E-state index contributed by atoms with van der Waals surface area (Å²) < 4.78 is 5.38. The molecule has 4 heteroatoms. The van der Waals surface area contributed by atoms with E-state index in [0.717, 1.165) is 38.4 Å². The van der Waals surface area contributed by atoms with Crippen molar-refractivity contribution < 1.29 is 4.74 Å². The lowest BCUT2D eigenvalue weighted by atomic mass is 9.90. The minimum absolute atomic E-state index is 0.758. The first-order chi connectivity index (χ1) is 8.79. The summed E-state index contributed by atoms with van der Waals surface area (Å²) in [7, 11) is 4.39. The summed E-state index contributed by atoms with van der Waals surface area (Å²) in [6.45, 7) is 6.45. The second-order valence-corrected chi connectivity index (χ2v) is 5.73. The fraction of sp³-hybridized carbons (Fsp3) is 1.00. The van der Waals surface area contributed by atoms with E-state index in [1.165, 1.54) is 38.8 Å². The molecule has 0 aromatic carbocycles. The molecule has 0 spiro atoms. The van der Waals surface area contributed by atoms with Gasteiger partial charge in [-0.15, -0.1) is 0 Å². The Morgan fingerprint density at radius 3 is 2.44 bits per heavy atom. The van der Waals surface area contributed by atoms with Crippen molar-refractivity contribution in [2.75, 3.05) is 53.5 Å². The first-order valence-electron chi connectivity index (χ1n) is 7.47. The zero-order valence-corrected chi connectivity index (χ0v) is 12.0. The van der Waals surface area contributed by atoms with Gasteiger partial charge in [-0.2, -0.15) is 0 Å². The van der Waals surface area contributed by atoms with E-state index in [4.69, 9.17) is 4.74 Å². The molecule has 1 saturated heterocycles. The van der Waals surface area contributed by atoms with Gasteiger partial charge in [0.1, 0.15) is 0 Å². The SMILES string of the molecule is CNC1CCC(N(C)CCN2CCOCC2)CC1. The van der Waals surface area contributed by atoms with Crippen molar-refractivity contribution in [1.29, 1.82) is 0 Å². The van der Waals surface area contributed by atoms with Gasteiger partial charge in [-0.05, 0) is 39.8 Å². The Morgan fingerprint density at radius 1 is 1.17 bits per heavy atom. The monoisotopic (exact) mass is 255 g/mol. The maximum Gasteiger partial charge on any atom is 0.0594 e. The Hall–Kier alpha value is -0.160. The molecule has 0 atom stereocenters. The summed E-state index contributed by atoms with van der Waals surface area (Å²) >= 11 is 0. The smallest absolute Gasteiger partial charge is 0.0594 e. The molecule has 0 radical (unpaired) electrons. The van der Waals surface area contributed by atoms with Crippen LogP contribution in [0.25, 0.3) is 0 Å². The molecular formula is C14H29N3O. The molecule has 1 heterocycles. The predicted octanol–water partition coefficient (Wildman–Crippen LogP) is 0.781. The van der Waals surface area contributed by atoms with Crippen LogP contribution < -0.4 is 5.32 Å². The number of rotatable bonds is 5. The van der Waals surface area contributed by atoms with Gasteiger partial charge in [0.05, 0.1) is 13.2 Å². The number of nitrogens with zero attached hydrogens (tertiary/aromatic N) is 2. The summed E-state index contributed by atoms with van der Waals surface area (Å²) in [4.78, 5) is 5.10. The highest BCUT2D eigenvalue weighted by atomic mass is 16.5. The van der Waals surface area contributed by atoms with Crippen molar-refractivity contribution in [2.24, 2.45) is 0 Å². The third-order valence-electron chi connectivity index (χ3n) is 4.60. The molecule has 1 N–H and O–H groups in total. The van der Waals surface area contributed by atoms with E-state index in [9.17, 15) is 0 Å². The van der Waals surface area contributed by atoms with Gasteiger partial charge in [-0.1, -0.05) is 0 Å². The van der Waals surface area contributed by atoms with Gasteiger partial charge < -0.3 is 15.0 Å². The van der Waals surface area contributed by atoms with Crippen molar-refractivity contribution in [2.45, 2.75) is 37.8 Å². The molecule has 4 nitrogen and oxygen atoms in total. The molecule has 0 bridgehead atoms. The van der Waals surface area contributed by atoms with Crippen molar-refractivity contribution >= 4 is 0 Å². The first-order valence-corrected chi connectivity index (χ1v) is 7.47. The zero-order valence-electron chi connectivity index (χ0n) is 12.0. The second-order valence-electron chi connectivity index (χ2n) is 5.73. The average molecular weight is 255 g/mol. The van der Waals surface area contributed by atoms with Crippen LogP contribution in [0.3, 0.4) is 0 Å². The maximum absolute atomic E-state index is 5.38. The number of ether oxygens (including phenoxy) is 1. The molecular weight excluding hydrogens is 226 g/mol. The molecule has 1 aliphatic heterocycles. The lowest BCUT2D eigenvalue weighted by Crippen LogP contribution is -2.45. The highest BCUT2D eigenvalue weighted by Crippen LogP contribution is 2.22. The summed E-state index contributed by atoms with van der Waals surface area (Å²) in [6, 6.07) is 1.56. The minimum Gasteiger partial charge on any atom is -0.379 e. The number of morpholine rings is 1. The van der Waals surface area contributed by atoms with E-state index < -0.39 is 0 Å². The van der Waals surface area contributed by atoms with Crippen molar-refractivity contribution in [1.82, 2.24) is 15.1 Å². The van der Waals surface area contributed by atoms with Crippen molar-refractivity contribution in [3.05, 3.63) is 0 Å². The van der Waals surface area contributed by atoms with Crippen LogP contribution in [0.1, 0.15) is 25.7 Å². The summed E-state index contributed by atoms with van der Waals surface area (Å²) in [5, 5.41) is 3.41. The van der Waals surface area contributed by atoms with E-state index in [1.807, 2.05) is 0 Å². The summed E-state index contributed by atoms with van der Waals surface area (Å²) in [5.41, 5.74) is 0. The second kappa shape index (κ2) is 7.43. The lowest BCUT2D eigenvalue weighted by molar-refractivity contribution is 0.0313. The van der Waals surface area contributed by atoms with Crippen molar-refractivity contribution in [3.63, 3.8) is 0 Å². The molecule has 0 aromatic heterocycles. The molecule has 1 aliphatic carbocycles. The molecule has 18 heavy (non-hydrogen) atoms. The molecule has 0 unspecified atom stereocenters. The minimum atomic E-state index is 0.758. The highest BCUT2D eigenvalue weighted by molar-refractivity contribution is 4.81. The fourth-order valence-corrected chi connectivity index (χ4v) is 3.11. The number of nitrogens with one attached hydrogen (secondary N) is 1. The molecule has 2 aliphatic rings. The Kier molecular flexibility index (Phi) is 5.89. The predicted molar refractivity (Wildman–Crippen MR) is 75.0 cm³/mol. The number of likely N-dealkylation sites (N-methyl/N-ethyl adjacent to an activating group) is 1. The summed E-state index contributed by atoms with van der Waals surface area (Å²) in [5.74, 6) is 0.